The average Bonchev–Trinajstić information content (AvgIpc) is 2.87. The lowest BCUT2D eigenvalue weighted by molar-refractivity contribution is -0.243. The van der Waals surface area contributed by atoms with E-state index in [9.17, 15) is 10.2 Å². The fourth-order valence-electron chi connectivity index (χ4n) is 4.22. The lowest BCUT2D eigenvalue weighted by Gasteiger charge is -2.30. The van der Waals surface area contributed by atoms with Gasteiger partial charge in [-0.25, -0.2) is 0 Å². The molecule has 2 atom stereocenters. The van der Waals surface area contributed by atoms with Crippen LogP contribution in [0.2, 0.25) is 0 Å². The van der Waals surface area contributed by atoms with Crippen molar-refractivity contribution in [2.24, 2.45) is 0 Å². The first kappa shape index (κ1) is 17.6. The van der Waals surface area contributed by atoms with Crippen LogP contribution in [0.15, 0.2) is 36.4 Å². The van der Waals surface area contributed by atoms with Crippen molar-refractivity contribution in [2.75, 3.05) is 0 Å². The fourth-order valence-corrected chi connectivity index (χ4v) is 4.22. The van der Waals surface area contributed by atoms with E-state index in [2.05, 4.69) is 47.6 Å². The van der Waals surface area contributed by atoms with Gasteiger partial charge in [0.1, 0.15) is 5.75 Å². The van der Waals surface area contributed by atoms with E-state index in [1.54, 1.807) is 0 Å². The van der Waals surface area contributed by atoms with E-state index in [0.29, 0.717) is 23.3 Å². The van der Waals surface area contributed by atoms with Crippen molar-refractivity contribution in [3.8, 4) is 5.75 Å². The number of ether oxygens (including phenoxy) is 1. The molecule has 4 rings (SSSR count). The largest absolute Gasteiger partial charge is 0.454 e. The second-order valence-electron chi connectivity index (χ2n) is 9.84. The van der Waals surface area contributed by atoms with Crippen LogP contribution in [0, 0.1) is 0 Å². The highest BCUT2D eigenvalue weighted by atomic mass is 16.7. The lowest BCUT2D eigenvalue weighted by Crippen LogP contribution is -2.45. The summed E-state index contributed by atoms with van der Waals surface area (Å²) in [5.41, 5.74) is 2.75. The minimum absolute atomic E-state index is 0.0719. The van der Waals surface area contributed by atoms with Crippen molar-refractivity contribution < 1.29 is 14.9 Å². The molecular formula is C23H28O3. The Morgan fingerprint density at radius 1 is 0.885 bits per heavy atom. The average molecular weight is 352 g/mol. The molecule has 2 aromatic carbocycles. The summed E-state index contributed by atoms with van der Waals surface area (Å²) in [7, 11) is 0. The van der Waals surface area contributed by atoms with Crippen molar-refractivity contribution >= 4 is 0 Å². The molecule has 138 valence electrons. The SMILES string of the molecule is CC(C)(C)c1cc(C(C)(C)C)c2c(c1)C1(O)Cc3ccccc3C1(O)O2. The zero-order valence-corrected chi connectivity index (χ0v) is 16.5. The molecule has 2 aliphatic rings. The summed E-state index contributed by atoms with van der Waals surface area (Å²) in [6.07, 6.45) is 0.351. The van der Waals surface area contributed by atoms with Crippen LogP contribution in [0.5, 0.6) is 5.75 Å². The Morgan fingerprint density at radius 3 is 2.15 bits per heavy atom. The Labute approximate surface area is 155 Å². The third-order valence-corrected chi connectivity index (χ3v) is 5.85. The van der Waals surface area contributed by atoms with Crippen LogP contribution in [0.1, 0.15) is 69.4 Å². The van der Waals surface area contributed by atoms with Gasteiger partial charge in [0.05, 0.1) is 0 Å². The Hall–Kier alpha value is -1.84. The molecule has 1 heterocycles. The summed E-state index contributed by atoms with van der Waals surface area (Å²) in [6, 6.07) is 11.8. The van der Waals surface area contributed by atoms with Gasteiger partial charge < -0.3 is 14.9 Å². The molecule has 3 nitrogen and oxygen atoms in total. The van der Waals surface area contributed by atoms with E-state index in [1.807, 2.05) is 30.3 Å². The molecule has 2 unspecified atom stereocenters. The summed E-state index contributed by atoms with van der Waals surface area (Å²) in [6.45, 7) is 12.9. The van der Waals surface area contributed by atoms with E-state index in [-0.39, 0.29) is 10.8 Å². The Bertz CT molecular complexity index is 901. The van der Waals surface area contributed by atoms with Crippen LogP contribution in [0.3, 0.4) is 0 Å². The van der Waals surface area contributed by atoms with Gasteiger partial charge in [0.25, 0.3) is 5.79 Å². The van der Waals surface area contributed by atoms with Crippen molar-refractivity contribution in [3.05, 3.63) is 64.2 Å². The van der Waals surface area contributed by atoms with Gasteiger partial charge in [-0.15, -0.1) is 0 Å². The number of hydrogen-bond donors (Lipinski definition) is 2. The van der Waals surface area contributed by atoms with Crippen LogP contribution >= 0.6 is 0 Å². The summed E-state index contributed by atoms with van der Waals surface area (Å²) in [5.74, 6) is -1.10. The maximum Gasteiger partial charge on any atom is 0.268 e. The quantitative estimate of drug-likeness (QED) is 0.745. The first-order valence-electron chi connectivity index (χ1n) is 9.29. The third kappa shape index (κ3) is 2.14. The van der Waals surface area contributed by atoms with E-state index < -0.39 is 11.4 Å². The van der Waals surface area contributed by atoms with Crippen LogP contribution in [0.4, 0.5) is 0 Å². The second-order valence-corrected chi connectivity index (χ2v) is 9.84. The Kier molecular flexibility index (Phi) is 3.31. The summed E-state index contributed by atoms with van der Waals surface area (Å²) < 4.78 is 6.18. The smallest absolute Gasteiger partial charge is 0.268 e. The molecule has 0 aromatic heterocycles. The first-order valence-corrected chi connectivity index (χ1v) is 9.29. The number of fused-ring (bicyclic) bond motifs is 5. The predicted octanol–water partition coefficient (Wildman–Crippen LogP) is 4.26. The van der Waals surface area contributed by atoms with Crippen LogP contribution in [-0.4, -0.2) is 10.2 Å². The molecule has 0 spiro atoms. The van der Waals surface area contributed by atoms with E-state index in [0.717, 1.165) is 16.7 Å². The minimum atomic E-state index is -1.73. The van der Waals surface area contributed by atoms with Crippen molar-refractivity contribution in [1.82, 2.24) is 0 Å². The lowest BCUT2D eigenvalue weighted by atomic mass is 9.76. The molecule has 2 N–H and O–H groups in total. The highest BCUT2D eigenvalue weighted by Gasteiger charge is 2.65. The van der Waals surface area contributed by atoms with Crippen molar-refractivity contribution in [2.45, 2.75) is 70.2 Å². The maximum absolute atomic E-state index is 11.7. The predicted molar refractivity (Wildman–Crippen MR) is 102 cm³/mol. The van der Waals surface area contributed by atoms with Gasteiger partial charge in [-0.1, -0.05) is 71.9 Å². The second kappa shape index (κ2) is 4.90. The van der Waals surface area contributed by atoms with Gasteiger partial charge in [0, 0.05) is 23.1 Å². The molecule has 1 aliphatic carbocycles. The standard InChI is InChI=1S/C23H28O3/c1-20(2,3)15-11-17(21(4,5)6)19-18(12-15)22(24)13-14-9-7-8-10-16(14)23(22,25)26-19/h7-12,24-25H,13H2,1-6H3. The molecule has 0 saturated carbocycles. The zero-order valence-electron chi connectivity index (χ0n) is 16.5. The van der Waals surface area contributed by atoms with Gasteiger partial charge in [0.15, 0.2) is 5.60 Å². The Morgan fingerprint density at radius 2 is 1.54 bits per heavy atom. The molecule has 0 fully saturated rings. The molecule has 3 heteroatoms. The molecule has 0 bridgehead atoms. The fraction of sp³-hybridized carbons (Fsp3) is 0.478. The third-order valence-electron chi connectivity index (χ3n) is 5.85. The van der Waals surface area contributed by atoms with Crippen LogP contribution in [-0.2, 0) is 28.6 Å². The maximum atomic E-state index is 11.7. The number of rotatable bonds is 0. The highest BCUT2D eigenvalue weighted by Crippen LogP contribution is 2.60. The highest BCUT2D eigenvalue weighted by molar-refractivity contribution is 5.60. The molecule has 1 aliphatic heterocycles. The Balaban J connectivity index is 2.01. The first-order chi connectivity index (χ1) is 11.9. The van der Waals surface area contributed by atoms with Gasteiger partial charge in [0.2, 0.25) is 0 Å². The zero-order chi connectivity index (χ0) is 19.1. The van der Waals surface area contributed by atoms with Gasteiger partial charge in [-0.3, -0.25) is 0 Å². The molecule has 0 amide bonds. The molecule has 0 radical (unpaired) electrons. The minimum Gasteiger partial charge on any atom is -0.454 e. The number of aliphatic hydroxyl groups is 2. The van der Waals surface area contributed by atoms with Gasteiger partial charge in [-0.05, 0) is 28.0 Å². The van der Waals surface area contributed by atoms with Gasteiger partial charge >= 0.3 is 0 Å². The van der Waals surface area contributed by atoms with Gasteiger partial charge in [-0.2, -0.15) is 0 Å². The van der Waals surface area contributed by atoms with Crippen LogP contribution < -0.4 is 4.74 Å². The number of benzene rings is 2. The molecule has 2 aromatic rings. The monoisotopic (exact) mass is 352 g/mol. The number of hydrogen-bond acceptors (Lipinski definition) is 3. The summed E-state index contributed by atoms with van der Waals surface area (Å²) >= 11 is 0. The van der Waals surface area contributed by atoms with Crippen LogP contribution in [0.25, 0.3) is 0 Å². The molecule has 0 saturated heterocycles. The molecule has 26 heavy (non-hydrogen) atoms. The van der Waals surface area contributed by atoms with Crippen molar-refractivity contribution in [3.63, 3.8) is 0 Å². The normalized spacial score (nSPS) is 26.9. The topological polar surface area (TPSA) is 49.7 Å². The summed E-state index contributed by atoms with van der Waals surface area (Å²) in [4.78, 5) is 0. The van der Waals surface area contributed by atoms with E-state index >= 15 is 0 Å². The molecular weight excluding hydrogens is 324 g/mol. The summed E-state index contributed by atoms with van der Waals surface area (Å²) in [5, 5.41) is 23.1. The van der Waals surface area contributed by atoms with E-state index in [4.69, 9.17) is 4.74 Å². The van der Waals surface area contributed by atoms with Crippen molar-refractivity contribution in [1.29, 1.82) is 0 Å². The van der Waals surface area contributed by atoms with E-state index in [1.165, 1.54) is 0 Å².